The van der Waals surface area contributed by atoms with Gasteiger partial charge in [-0.05, 0) is 82.6 Å². The fourth-order valence-corrected chi connectivity index (χ4v) is 5.02. The van der Waals surface area contributed by atoms with Crippen LogP contribution in [0.5, 0.6) is 0 Å². The lowest BCUT2D eigenvalue weighted by molar-refractivity contribution is 0.0205. The van der Waals surface area contributed by atoms with Crippen molar-refractivity contribution in [2.75, 3.05) is 17.8 Å². The Kier molecular flexibility index (Phi) is 5.88. The number of piperidine rings is 1. The minimum atomic E-state index is -3.35. The highest BCUT2D eigenvalue weighted by atomic mass is 35.5. The van der Waals surface area contributed by atoms with E-state index in [1.807, 2.05) is 39.8 Å². The van der Waals surface area contributed by atoms with Gasteiger partial charge in [0.05, 0.1) is 10.9 Å². The van der Waals surface area contributed by atoms with Gasteiger partial charge in [0, 0.05) is 18.1 Å². The molecule has 0 radical (unpaired) electrons. The van der Waals surface area contributed by atoms with Crippen molar-refractivity contribution in [1.29, 1.82) is 0 Å². The van der Waals surface area contributed by atoms with E-state index >= 15 is 0 Å². The summed E-state index contributed by atoms with van der Waals surface area (Å²) in [6.45, 7) is 8.56. The van der Waals surface area contributed by atoms with Gasteiger partial charge in [-0.25, -0.2) is 13.2 Å². The number of ether oxygens (including phenoxy) is 1. The number of likely N-dealkylation sites (tertiary alicyclic amines) is 1. The molecule has 1 amide bonds. The first-order chi connectivity index (χ1) is 13.0. The minimum absolute atomic E-state index is 0.133. The van der Waals surface area contributed by atoms with Crippen LogP contribution in [-0.4, -0.2) is 43.4 Å². The Bertz CT molecular complexity index is 852. The Morgan fingerprint density at radius 3 is 2.32 bits per heavy atom. The highest BCUT2D eigenvalue weighted by Gasteiger charge is 2.37. The molecule has 156 valence electrons. The highest BCUT2D eigenvalue weighted by molar-refractivity contribution is 7.93. The van der Waals surface area contributed by atoms with Crippen molar-refractivity contribution in [2.45, 2.75) is 70.1 Å². The molecule has 1 aliphatic carbocycles. The number of hydrogen-bond acceptors (Lipinski definition) is 4. The van der Waals surface area contributed by atoms with Crippen LogP contribution in [-0.2, 0) is 14.8 Å². The molecule has 8 heteroatoms. The molecule has 2 fully saturated rings. The Morgan fingerprint density at radius 2 is 1.79 bits per heavy atom. The summed E-state index contributed by atoms with van der Waals surface area (Å²) in [5.41, 5.74) is 1.84. The number of carbonyl (C=O) groups excluding carboxylic acids is 1. The van der Waals surface area contributed by atoms with Crippen LogP contribution >= 0.6 is 11.6 Å². The first kappa shape index (κ1) is 21.2. The first-order valence-corrected chi connectivity index (χ1v) is 11.7. The molecule has 28 heavy (non-hydrogen) atoms. The number of nitrogens with one attached hydrogen (secondary N) is 1. The Morgan fingerprint density at radius 1 is 1.18 bits per heavy atom. The molecule has 1 saturated heterocycles. The smallest absolute Gasteiger partial charge is 0.410 e. The van der Waals surface area contributed by atoms with E-state index in [1.165, 1.54) is 0 Å². The molecule has 3 rings (SSSR count). The van der Waals surface area contributed by atoms with E-state index in [9.17, 15) is 13.2 Å². The van der Waals surface area contributed by atoms with Crippen LogP contribution in [0.3, 0.4) is 0 Å². The monoisotopic (exact) mass is 428 g/mol. The SMILES string of the molecule is Cc1cc(NS(=O)(=O)C2CC2)c(C2CCN(C(=O)OC(C)(C)C)CC2)cc1Cl. The summed E-state index contributed by atoms with van der Waals surface area (Å²) in [4.78, 5) is 14.0. The maximum atomic E-state index is 12.5. The quantitative estimate of drug-likeness (QED) is 0.756. The van der Waals surface area contributed by atoms with Crippen molar-refractivity contribution < 1.29 is 17.9 Å². The van der Waals surface area contributed by atoms with Crippen molar-refractivity contribution in [3.05, 3.63) is 28.3 Å². The fraction of sp³-hybridized carbons (Fsp3) is 0.650. The van der Waals surface area contributed by atoms with Crippen molar-refractivity contribution in [3.63, 3.8) is 0 Å². The number of benzene rings is 1. The van der Waals surface area contributed by atoms with Gasteiger partial charge >= 0.3 is 6.09 Å². The Hall–Kier alpha value is -1.47. The van der Waals surface area contributed by atoms with Gasteiger partial charge in [-0.2, -0.15) is 0 Å². The van der Waals surface area contributed by atoms with E-state index in [-0.39, 0.29) is 17.3 Å². The van der Waals surface area contributed by atoms with Gasteiger partial charge in [-0.3, -0.25) is 4.72 Å². The first-order valence-electron chi connectivity index (χ1n) is 9.76. The molecular weight excluding hydrogens is 400 g/mol. The molecule has 1 aliphatic heterocycles. The summed E-state index contributed by atoms with van der Waals surface area (Å²) < 4.78 is 33.1. The number of halogens is 1. The third-order valence-electron chi connectivity index (χ3n) is 5.13. The van der Waals surface area contributed by atoms with Gasteiger partial charge in [0.15, 0.2) is 0 Å². The molecular formula is C20H29ClN2O4S. The number of carbonyl (C=O) groups is 1. The predicted octanol–water partition coefficient (Wildman–Crippen LogP) is 4.67. The third-order valence-corrected chi connectivity index (χ3v) is 7.39. The zero-order valence-corrected chi connectivity index (χ0v) is 18.5. The summed E-state index contributed by atoms with van der Waals surface area (Å²) in [7, 11) is -3.35. The molecule has 1 saturated carbocycles. The molecule has 0 aromatic heterocycles. The summed E-state index contributed by atoms with van der Waals surface area (Å²) in [5.74, 6) is 0.133. The number of rotatable bonds is 4. The standard InChI is InChI=1S/C20H29ClN2O4S/c1-13-11-18(22-28(25,26)15-5-6-15)16(12-17(13)21)14-7-9-23(10-8-14)19(24)27-20(2,3)4/h11-12,14-15,22H,5-10H2,1-4H3. The van der Waals surface area contributed by atoms with Crippen LogP contribution in [0.4, 0.5) is 10.5 Å². The minimum Gasteiger partial charge on any atom is -0.444 e. The van der Waals surface area contributed by atoms with Crippen molar-refractivity contribution in [1.82, 2.24) is 4.90 Å². The number of aryl methyl sites for hydroxylation is 1. The predicted molar refractivity (Wildman–Crippen MR) is 112 cm³/mol. The summed E-state index contributed by atoms with van der Waals surface area (Å²) in [6.07, 6.45) is 2.59. The van der Waals surface area contributed by atoms with Crippen LogP contribution in [0.1, 0.15) is 63.5 Å². The van der Waals surface area contributed by atoms with Crippen LogP contribution in [0.25, 0.3) is 0 Å². The number of sulfonamides is 1. The Labute approximate surface area is 172 Å². The fourth-order valence-electron chi connectivity index (χ4n) is 3.44. The van der Waals surface area contributed by atoms with E-state index in [4.69, 9.17) is 16.3 Å². The van der Waals surface area contributed by atoms with Crippen LogP contribution in [0.15, 0.2) is 12.1 Å². The molecule has 1 aromatic rings. The second-order valence-electron chi connectivity index (χ2n) is 8.78. The summed E-state index contributed by atoms with van der Waals surface area (Å²) >= 11 is 6.34. The lowest BCUT2D eigenvalue weighted by atomic mass is 9.88. The van der Waals surface area contributed by atoms with Crippen molar-refractivity contribution in [2.24, 2.45) is 0 Å². The van der Waals surface area contributed by atoms with Crippen molar-refractivity contribution in [3.8, 4) is 0 Å². The van der Waals surface area contributed by atoms with E-state index in [0.717, 1.165) is 24.0 Å². The number of nitrogens with zero attached hydrogens (tertiary/aromatic N) is 1. The second kappa shape index (κ2) is 7.75. The third kappa shape index (κ3) is 5.11. The second-order valence-corrected chi connectivity index (χ2v) is 11.1. The van der Waals surface area contributed by atoms with E-state index in [2.05, 4.69) is 4.72 Å². The molecule has 1 heterocycles. The summed E-state index contributed by atoms with van der Waals surface area (Å²) in [6, 6.07) is 3.69. The molecule has 1 N–H and O–H groups in total. The lowest BCUT2D eigenvalue weighted by Gasteiger charge is -2.34. The average Bonchev–Trinajstić information content (AvgIpc) is 3.42. The molecule has 2 aliphatic rings. The Balaban J connectivity index is 1.75. The van der Waals surface area contributed by atoms with Crippen molar-refractivity contribution >= 4 is 33.4 Å². The number of anilines is 1. The van der Waals surface area contributed by atoms with Gasteiger partial charge in [-0.1, -0.05) is 11.6 Å². The zero-order chi connectivity index (χ0) is 20.7. The van der Waals surface area contributed by atoms with Crippen LogP contribution < -0.4 is 4.72 Å². The molecule has 0 bridgehead atoms. The van der Waals surface area contributed by atoms with Gasteiger partial charge in [0.1, 0.15) is 5.60 Å². The summed E-state index contributed by atoms with van der Waals surface area (Å²) in [5, 5.41) is 0.337. The van der Waals surface area contributed by atoms with Gasteiger partial charge in [0.2, 0.25) is 10.0 Å². The van der Waals surface area contributed by atoms with Gasteiger partial charge < -0.3 is 9.64 Å². The van der Waals surface area contributed by atoms with Crippen LogP contribution in [0.2, 0.25) is 5.02 Å². The topological polar surface area (TPSA) is 75.7 Å². The van der Waals surface area contributed by atoms with Gasteiger partial charge in [-0.15, -0.1) is 0 Å². The molecule has 1 aromatic carbocycles. The maximum Gasteiger partial charge on any atom is 0.410 e. The largest absolute Gasteiger partial charge is 0.444 e. The lowest BCUT2D eigenvalue weighted by Crippen LogP contribution is -2.41. The molecule has 0 spiro atoms. The zero-order valence-electron chi connectivity index (χ0n) is 16.9. The highest BCUT2D eigenvalue weighted by Crippen LogP contribution is 2.38. The van der Waals surface area contributed by atoms with Gasteiger partial charge in [0.25, 0.3) is 0 Å². The molecule has 0 unspecified atom stereocenters. The normalized spacial score (nSPS) is 18.8. The van der Waals surface area contributed by atoms with E-state index in [0.29, 0.717) is 36.6 Å². The molecule has 0 atom stereocenters. The number of hydrogen-bond donors (Lipinski definition) is 1. The van der Waals surface area contributed by atoms with E-state index in [1.54, 1.807) is 4.90 Å². The molecule has 6 nitrogen and oxygen atoms in total. The van der Waals surface area contributed by atoms with E-state index < -0.39 is 15.6 Å². The maximum absolute atomic E-state index is 12.5. The van der Waals surface area contributed by atoms with Crippen LogP contribution in [0, 0.1) is 6.92 Å². The average molecular weight is 429 g/mol. The number of amides is 1.